The lowest BCUT2D eigenvalue weighted by Crippen LogP contribution is -2.18. The number of hydrogen-bond donors (Lipinski definition) is 1. The Hall–Kier alpha value is -1.06. The second-order valence-electron chi connectivity index (χ2n) is 3.91. The Morgan fingerprint density at radius 2 is 2.18 bits per heavy atom. The maximum Gasteiger partial charge on any atom is 0.307 e. The quantitative estimate of drug-likeness (QED) is 0.628. The standard InChI is InChI=1S/C13H18ClNO2/c1-2-3-8-17-13(16)9-12(15)10-6-4-5-7-11(10)14/h4-7,12H,2-3,8-9,15H2,1H3. The number of nitrogens with two attached hydrogens (primary N) is 1. The van der Waals surface area contributed by atoms with Crippen LogP contribution in [0.15, 0.2) is 24.3 Å². The van der Waals surface area contributed by atoms with E-state index < -0.39 is 6.04 Å². The molecule has 0 saturated heterocycles. The van der Waals surface area contributed by atoms with Crippen LogP contribution in [0.3, 0.4) is 0 Å². The summed E-state index contributed by atoms with van der Waals surface area (Å²) in [7, 11) is 0. The molecule has 0 aliphatic heterocycles. The van der Waals surface area contributed by atoms with E-state index in [4.69, 9.17) is 22.1 Å². The van der Waals surface area contributed by atoms with Crippen LogP contribution in [0.1, 0.15) is 37.8 Å². The second kappa shape index (κ2) is 7.30. The first-order chi connectivity index (χ1) is 8.15. The molecule has 4 heteroatoms. The molecule has 0 aliphatic carbocycles. The maximum atomic E-state index is 11.5. The number of esters is 1. The van der Waals surface area contributed by atoms with Crippen LogP contribution in [0.2, 0.25) is 5.02 Å². The third-order valence-electron chi connectivity index (χ3n) is 2.45. The van der Waals surface area contributed by atoms with Gasteiger partial charge in [0.05, 0.1) is 13.0 Å². The highest BCUT2D eigenvalue weighted by atomic mass is 35.5. The van der Waals surface area contributed by atoms with Crippen molar-refractivity contribution < 1.29 is 9.53 Å². The minimum atomic E-state index is -0.405. The molecule has 0 fully saturated rings. The summed E-state index contributed by atoms with van der Waals surface area (Å²) in [6.07, 6.45) is 2.05. The van der Waals surface area contributed by atoms with Gasteiger partial charge in [0, 0.05) is 11.1 Å². The van der Waals surface area contributed by atoms with Crippen LogP contribution in [0.4, 0.5) is 0 Å². The van der Waals surface area contributed by atoms with Gasteiger partial charge in [-0.3, -0.25) is 4.79 Å². The van der Waals surface area contributed by atoms with Crippen molar-refractivity contribution in [3.63, 3.8) is 0 Å². The normalized spacial score (nSPS) is 12.2. The summed E-state index contributed by atoms with van der Waals surface area (Å²) >= 11 is 6.00. The minimum absolute atomic E-state index is 0.160. The lowest BCUT2D eigenvalue weighted by Gasteiger charge is -2.12. The molecule has 0 aromatic heterocycles. The second-order valence-corrected chi connectivity index (χ2v) is 4.31. The average molecular weight is 256 g/mol. The van der Waals surface area contributed by atoms with Crippen molar-refractivity contribution in [3.05, 3.63) is 34.9 Å². The van der Waals surface area contributed by atoms with Crippen molar-refractivity contribution in [1.82, 2.24) is 0 Å². The SMILES string of the molecule is CCCCOC(=O)CC(N)c1ccccc1Cl. The van der Waals surface area contributed by atoms with E-state index in [9.17, 15) is 4.79 Å². The third kappa shape index (κ3) is 4.75. The molecular formula is C13H18ClNO2. The maximum absolute atomic E-state index is 11.5. The number of carbonyl (C=O) groups is 1. The predicted octanol–water partition coefficient (Wildman–Crippen LogP) is 3.07. The molecule has 0 heterocycles. The highest BCUT2D eigenvalue weighted by Gasteiger charge is 2.14. The van der Waals surface area contributed by atoms with Crippen molar-refractivity contribution in [1.29, 1.82) is 0 Å². The molecule has 94 valence electrons. The summed E-state index contributed by atoms with van der Waals surface area (Å²) in [6, 6.07) is 6.87. The average Bonchev–Trinajstić information content (AvgIpc) is 2.29. The fourth-order valence-electron chi connectivity index (χ4n) is 1.45. The molecule has 1 atom stereocenters. The molecular weight excluding hydrogens is 238 g/mol. The number of carbonyl (C=O) groups excluding carboxylic acids is 1. The molecule has 1 unspecified atom stereocenters. The van der Waals surface area contributed by atoms with E-state index in [2.05, 4.69) is 0 Å². The molecule has 0 bridgehead atoms. The molecule has 2 N–H and O–H groups in total. The highest BCUT2D eigenvalue weighted by Crippen LogP contribution is 2.23. The number of hydrogen-bond acceptors (Lipinski definition) is 3. The molecule has 1 aromatic rings. The molecule has 0 radical (unpaired) electrons. The summed E-state index contributed by atoms with van der Waals surface area (Å²) < 4.78 is 5.05. The third-order valence-corrected chi connectivity index (χ3v) is 2.80. The highest BCUT2D eigenvalue weighted by molar-refractivity contribution is 6.31. The summed E-state index contributed by atoms with van der Waals surface area (Å²) in [5.41, 5.74) is 6.69. The van der Waals surface area contributed by atoms with Crippen molar-refractivity contribution in [2.45, 2.75) is 32.2 Å². The van der Waals surface area contributed by atoms with Crippen molar-refractivity contribution >= 4 is 17.6 Å². The molecule has 0 aliphatic rings. The van der Waals surface area contributed by atoms with E-state index >= 15 is 0 Å². The zero-order valence-corrected chi connectivity index (χ0v) is 10.7. The van der Waals surface area contributed by atoms with Gasteiger partial charge in [-0.05, 0) is 18.1 Å². The van der Waals surface area contributed by atoms with Crippen molar-refractivity contribution in [2.75, 3.05) is 6.61 Å². The Balaban J connectivity index is 2.46. The van der Waals surface area contributed by atoms with Gasteiger partial charge >= 0.3 is 5.97 Å². The minimum Gasteiger partial charge on any atom is -0.466 e. The van der Waals surface area contributed by atoms with Gasteiger partial charge in [0.25, 0.3) is 0 Å². The number of rotatable bonds is 6. The number of unbranched alkanes of at least 4 members (excludes halogenated alkanes) is 1. The molecule has 0 spiro atoms. The van der Waals surface area contributed by atoms with Gasteiger partial charge in [0.1, 0.15) is 0 Å². The smallest absolute Gasteiger partial charge is 0.307 e. The first-order valence-electron chi connectivity index (χ1n) is 5.80. The Bertz CT molecular complexity index is 368. The lowest BCUT2D eigenvalue weighted by molar-refractivity contribution is -0.144. The Labute approximate surface area is 107 Å². The Morgan fingerprint density at radius 3 is 2.82 bits per heavy atom. The van der Waals surface area contributed by atoms with Gasteiger partial charge in [-0.15, -0.1) is 0 Å². The summed E-state index contributed by atoms with van der Waals surface area (Å²) in [5.74, 6) is -0.272. The molecule has 17 heavy (non-hydrogen) atoms. The lowest BCUT2D eigenvalue weighted by atomic mass is 10.1. The van der Waals surface area contributed by atoms with Gasteiger partial charge < -0.3 is 10.5 Å². The molecule has 0 saturated carbocycles. The van der Waals surface area contributed by atoms with E-state index in [-0.39, 0.29) is 12.4 Å². The summed E-state index contributed by atoms with van der Waals surface area (Å²) in [6.45, 7) is 2.51. The van der Waals surface area contributed by atoms with E-state index in [1.165, 1.54) is 0 Å². The fourth-order valence-corrected chi connectivity index (χ4v) is 1.73. The Kier molecular flexibility index (Phi) is 6.01. The summed E-state index contributed by atoms with van der Waals surface area (Å²) in [5, 5.41) is 0.585. The van der Waals surface area contributed by atoms with Gasteiger partial charge in [0.15, 0.2) is 0 Å². The zero-order valence-electron chi connectivity index (χ0n) is 9.99. The van der Waals surface area contributed by atoms with Gasteiger partial charge in [-0.1, -0.05) is 43.1 Å². The van der Waals surface area contributed by atoms with E-state index in [0.717, 1.165) is 18.4 Å². The van der Waals surface area contributed by atoms with Crippen LogP contribution in [-0.2, 0) is 9.53 Å². The van der Waals surface area contributed by atoms with Crippen molar-refractivity contribution in [3.8, 4) is 0 Å². The first kappa shape index (κ1) is 14.0. The summed E-state index contributed by atoms with van der Waals surface area (Å²) in [4.78, 5) is 11.5. The van der Waals surface area contributed by atoms with Crippen molar-refractivity contribution in [2.24, 2.45) is 5.73 Å². The van der Waals surface area contributed by atoms with Gasteiger partial charge in [-0.2, -0.15) is 0 Å². The number of ether oxygens (including phenoxy) is 1. The van der Waals surface area contributed by atoms with E-state index in [1.54, 1.807) is 6.07 Å². The molecule has 0 amide bonds. The van der Waals surface area contributed by atoms with Crippen LogP contribution in [0, 0.1) is 0 Å². The van der Waals surface area contributed by atoms with Crippen LogP contribution in [-0.4, -0.2) is 12.6 Å². The first-order valence-corrected chi connectivity index (χ1v) is 6.18. The monoisotopic (exact) mass is 255 g/mol. The van der Waals surface area contributed by atoms with E-state index in [1.807, 2.05) is 25.1 Å². The van der Waals surface area contributed by atoms with Crippen LogP contribution in [0.25, 0.3) is 0 Å². The number of halogens is 1. The van der Waals surface area contributed by atoms with Crippen LogP contribution < -0.4 is 5.73 Å². The molecule has 3 nitrogen and oxygen atoms in total. The van der Waals surface area contributed by atoms with Gasteiger partial charge in [0.2, 0.25) is 0 Å². The molecule has 1 aromatic carbocycles. The number of benzene rings is 1. The topological polar surface area (TPSA) is 52.3 Å². The largest absolute Gasteiger partial charge is 0.466 e. The Morgan fingerprint density at radius 1 is 1.47 bits per heavy atom. The van der Waals surface area contributed by atoms with Gasteiger partial charge in [-0.25, -0.2) is 0 Å². The van der Waals surface area contributed by atoms with E-state index in [0.29, 0.717) is 11.6 Å². The zero-order chi connectivity index (χ0) is 12.7. The van der Waals surface area contributed by atoms with Crippen LogP contribution >= 0.6 is 11.6 Å². The fraction of sp³-hybridized carbons (Fsp3) is 0.462. The van der Waals surface area contributed by atoms with Crippen LogP contribution in [0.5, 0.6) is 0 Å². The molecule has 1 rings (SSSR count). The predicted molar refractivity (Wildman–Crippen MR) is 68.9 cm³/mol.